The van der Waals surface area contributed by atoms with Crippen LogP contribution in [-0.4, -0.2) is 27.7 Å². The summed E-state index contributed by atoms with van der Waals surface area (Å²) in [6.45, 7) is 6.57. The molecule has 0 aliphatic heterocycles. The van der Waals surface area contributed by atoms with Crippen LogP contribution in [0.15, 0.2) is 6.07 Å². The predicted octanol–water partition coefficient (Wildman–Crippen LogP) is 1.76. The van der Waals surface area contributed by atoms with Gasteiger partial charge in [-0.3, -0.25) is 0 Å². The Bertz CT molecular complexity index is 354. The van der Waals surface area contributed by atoms with Gasteiger partial charge < -0.3 is 16.2 Å². The van der Waals surface area contributed by atoms with Gasteiger partial charge in [-0.1, -0.05) is 27.2 Å². The van der Waals surface area contributed by atoms with E-state index >= 15 is 0 Å². The van der Waals surface area contributed by atoms with Crippen molar-refractivity contribution in [3.63, 3.8) is 0 Å². The van der Waals surface area contributed by atoms with E-state index in [2.05, 4.69) is 15.3 Å². The molecule has 5 heteroatoms. The molecule has 17 heavy (non-hydrogen) atoms. The van der Waals surface area contributed by atoms with Gasteiger partial charge in [-0.05, 0) is 6.42 Å². The van der Waals surface area contributed by atoms with Crippen LogP contribution in [0.3, 0.4) is 0 Å². The van der Waals surface area contributed by atoms with Crippen LogP contribution in [0.1, 0.15) is 45.4 Å². The van der Waals surface area contributed by atoms with E-state index in [0.29, 0.717) is 18.2 Å². The minimum atomic E-state index is -0.348. The Balaban J connectivity index is 2.64. The zero-order valence-electron chi connectivity index (χ0n) is 10.8. The summed E-state index contributed by atoms with van der Waals surface area (Å²) >= 11 is 0. The molecule has 0 saturated heterocycles. The third kappa shape index (κ3) is 4.56. The van der Waals surface area contributed by atoms with Gasteiger partial charge in [0.1, 0.15) is 17.5 Å². The molecule has 0 bridgehead atoms. The van der Waals surface area contributed by atoms with Crippen LogP contribution in [0.2, 0.25) is 0 Å². The third-order valence-corrected chi connectivity index (χ3v) is 2.42. The fourth-order valence-corrected chi connectivity index (χ4v) is 1.49. The number of rotatable bonds is 6. The largest absolute Gasteiger partial charge is 0.391 e. The first kappa shape index (κ1) is 13.7. The topological polar surface area (TPSA) is 84.1 Å². The van der Waals surface area contributed by atoms with Gasteiger partial charge in [0.05, 0.1) is 6.10 Å². The molecule has 0 fully saturated rings. The van der Waals surface area contributed by atoms with E-state index in [4.69, 9.17) is 5.73 Å². The average molecular weight is 238 g/mol. The number of aromatic nitrogens is 2. The average Bonchev–Trinajstić information content (AvgIpc) is 2.26. The van der Waals surface area contributed by atoms with E-state index in [1.807, 2.05) is 20.8 Å². The summed E-state index contributed by atoms with van der Waals surface area (Å²) in [6, 6.07) is 1.69. The number of nitrogens with zero attached hydrogens (tertiary/aromatic N) is 2. The van der Waals surface area contributed by atoms with Gasteiger partial charge in [-0.25, -0.2) is 9.97 Å². The summed E-state index contributed by atoms with van der Waals surface area (Å²) in [5, 5.41) is 12.7. The first-order valence-electron chi connectivity index (χ1n) is 6.09. The molecule has 0 saturated carbocycles. The summed E-state index contributed by atoms with van der Waals surface area (Å²) in [4.78, 5) is 8.51. The van der Waals surface area contributed by atoms with Crippen molar-refractivity contribution in [2.75, 3.05) is 17.6 Å². The van der Waals surface area contributed by atoms with Crippen molar-refractivity contribution in [2.24, 2.45) is 0 Å². The van der Waals surface area contributed by atoms with Gasteiger partial charge in [0.25, 0.3) is 0 Å². The summed E-state index contributed by atoms with van der Waals surface area (Å²) in [6.07, 6.45) is 1.40. The molecular weight excluding hydrogens is 216 g/mol. The highest BCUT2D eigenvalue weighted by molar-refractivity contribution is 5.44. The number of hydrogen-bond acceptors (Lipinski definition) is 5. The molecule has 1 aromatic rings. The highest BCUT2D eigenvalue weighted by atomic mass is 16.3. The van der Waals surface area contributed by atoms with Crippen LogP contribution in [0, 0.1) is 0 Å². The second-order valence-electron chi connectivity index (χ2n) is 4.51. The third-order valence-electron chi connectivity index (χ3n) is 2.42. The highest BCUT2D eigenvalue weighted by Crippen LogP contribution is 2.15. The van der Waals surface area contributed by atoms with Crippen LogP contribution < -0.4 is 11.1 Å². The van der Waals surface area contributed by atoms with Crippen LogP contribution in [0.4, 0.5) is 11.6 Å². The Kier molecular flexibility index (Phi) is 5.15. The fraction of sp³-hybridized carbons (Fsp3) is 0.667. The lowest BCUT2D eigenvalue weighted by atomic mass is 10.2. The molecule has 4 N–H and O–H groups in total. The lowest BCUT2D eigenvalue weighted by Crippen LogP contribution is -2.20. The summed E-state index contributed by atoms with van der Waals surface area (Å²) in [5.74, 6) is 2.09. The van der Waals surface area contributed by atoms with E-state index < -0.39 is 0 Å². The fourth-order valence-electron chi connectivity index (χ4n) is 1.49. The number of nitrogens with one attached hydrogen (secondary N) is 1. The molecule has 0 spiro atoms. The Morgan fingerprint density at radius 1 is 1.41 bits per heavy atom. The van der Waals surface area contributed by atoms with Gasteiger partial charge in [0, 0.05) is 18.5 Å². The first-order valence-corrected chi connectivity index (χ1v) is 6.09. The number of nitrogen functional groups attached to an aromatic ring is 1. The van der Waals surface area contributed by atoms with Crippen molar-refractivity contribution in [2.45, 2.75) is 45.6 Å². The van der Waals surface area contributed by atoms with Crippen molar-refractivity contribution in [1.29, 1.82) is 0 Å². The van der Waals surface area contributed by atoms with Crippen molar-refractivity contribution in [1.82, 2.24) is 9.97 Å². The monoisotopic (exact) mass is 238 g/mol. The van der Waals surface area contributed by atoms with Crippen molar-refractivity contribution < 1.29 is 5.11 Å². The molecule has 0 aliphatic rings. The van der Waals surface area contributed by atoms with Crippen LogP contribution >= 0.6 is 0 Å². The Morgan fingerprint density at radius 2 is 2.12 bits per heavy atom. The molecule has 0 aromatic carbocycles. The van der Waals surface area contributed by atoms with Gasteiger partial charge >= 0.3 is 0 Å². The first-order chi connectivity index (χ1) is 8.02. The number of nitrogens with two attached hydrogens (primary N) is 1. The highest BCUT2D eigenvalue weighted by Gasteiger charge is 2.08. The quantitative estimate of drug-likeness (QED) is 0.703. The molecule has 0 aliphatic carbocycles. The Labute approximate surface area is 102 Å². The molecular formula is C12H22N4O. The minimum absolute atomic E-state index is 0.236. The normalized spacial score (nSPS) is 12.8. The van der Waals surface area contributed by atoms with E-state index in [0.717, 1.165) is 18.7 Å². The number of hydrogen-bond donors (Lipinski definition) is 3. The number of aliphatic hydroxyl groups is 1. The zero-order chi connectivity index (χ0) is 12.8. The zero-order valence-corrected chi connectivity index (χ0v) is 10.8. The van der Waals surface area contributed by atoms with Gasteiger partial charge in [0.15, 0.2) is 0 Å². The second-order valence-corrected chi connectivity index (χ2v) is 4.51. The van der Waals surface area contributed by atoms with Crippen molar-refractivity contribution in [3.05, 3.63) is 11.9 Å². The maximum Gasteiger partial charge on any atom is 0.135 e. The predicted molar refractivity (Wildman–Crippen MR) is 69.9 cm³/mol. The maximum atomic E-state index is 9.62. The molecule has 1 heterocycles. The summed E-state index contributed by atoms with van der Waals surface area (Å²) < 4.78 is 0. The molecule has 0 radical (unpaired) electrons. The van der Waals surface area contributed by atoms with Crippen molar-refractivity contribution >= 4 is 11.6 Å². The molecule has 96 valence electrons. The number of aliphatic hydroxyl groups excluding tert-OH is 1. The van der Waals surface area contributed by atoms with Gasteiger partial charge in [0.2, 0.25) is 0 Å². The van der Waals surface area contributed by atoms with Gasteiger partial charge in [-0.15, -0.1) is 0 Å². The SMILES string of the molecule is CCCC(O)CNc1cc(N)nc(C(C)C)n1. The molecule has 1 rings (SSSR count). The standard InChI is InChI=1S/C12H22N4O/c1-4-5-9(17)7-14-11-6-10(13)15-12(16-11)8(2)3/h6,8-9,17H,4-5,7H2,1-3H3,(H3,13,14,15,16). The molecule has 5 nitrogen and oxygen atoms in total. The van der Waals surface area contributed by atoms with E-state index in [1.54, 1.807) is 6.07 Å². The summed E-state index contributed by atoms with van der Waals surface area (Å²) in [7, 11) is 0. The maximum absolute atomic E-state index is 9.62. The Hall–Kier alpha value is -1.36. The lowest BCUT2D eigenvalue weighted by Gasteiger charge is -2.13. The van der Waals surface area contributed by atoms with Crippen LogP contribution in [0.25, 0.3) is 0 Å². The minimum Gasteiger partial charge on any atom is -0.391 e. The molecule has 0 amide bonds. The van der Waals surface area contributed by atoms with E-state index in [1.165, 1.54) is 0 Å². The molecule has 1 aromatic heterocycles. The smallest absolute Gasteiger partial charge is 0.135 e. The molecule has 1 unspecified atom stereocenters. The van der Waals surface area contributed by atoms with E-state index in [9.17, 15) is 5.11 Å². The second kappa shape index (κ2) is 6.39. The van der Waals surface area contributed by atoms with Crippen molar-refractivity contribution in [3.8, 4) is 0 Å². The van der Waals surface area contributed by atoms with Crippen LogP contribution in [-0.2, 0) is 0 Å². The lowest BCUT2D eigenvalue weighted by molar-refractivity contribution is 0.176. The van der Waals surface area contributed by atoms with Gasteiger partial charge in [-0.2, -0.15) is 0 Å². The van der Waals surface area contributed by atoms with Crippen LogP contribution in [0.5, 0.6) is 0 Å². The summed E-state index contributed by atoms with van der Waals surface area (Å²) in [5.41, 5.74) is 5.71. The number of anilines is 2. The Morgan fingerprint density at radius 3 is 2.71 bits per heavy atom. The van der Waals surface area contributed by atoms with E-state index in [-0.39, 0.29) is 12.0 Å². The molecule has 1 atom stereocenters.